The highest BCUT2D eigenvalue weighted by Gasteiger charge is 2.03. The lowest BCUT2D eigenvalue weighted by Crippen LogP contribution is -2.11. The molecule has 0 spiro atoms. The van der Waals surface area contributed by atoms with E-state index in [0.29, 0.717) is 6.42 Å². The molecule has 0 aliphatic carbocycles. The van der Waals surface area contributed by atoms with Gasteiger partial charge < -0.3 is 11.1 Å². The number of rotatable bonds is 6. The van der Waals surface area contributed by atoms with Gasteiger partial charge in [-0.05, 0) is 37.5 Å². The summed E-state index contributed by atoms with van der Waals surface area (Å²) in [6.45, 7) is 2.80. The number of pyridine rings is 1. The van der Waals surface area contributed by atoms with Crippen LogP contribution in [0, 0.1) is 6.92 Å². The topological polar surface area (TPSA) is 85.3 Å². The number of nitrogens with one attached hydrogen (secondary N) is 1. The van der Waals surface area contributed by atoms with Crippen molar-refractivity contribution in [3.63, 3.8) is 0 Å². The highest BCUT2D eigenvalue weighted by Crippen LogP contribution is 2.13. The molecular formula is C12H17N5O. The Bertz CT molecular complexity index is 548. The first kappa shape index (κ1) is 12.3. The van der Waals surface area contributed by atoms with E-state index in [-0.39, 0.29) is 5.91 Å². The molecule has 2 rings (SSSR count). The van der Waals surface area contributed by atoms with Gasteiger partial charge in [0.2, 0.25) is 5.91 Å². The van der Waals surface area contributed by atoms with Crippen LogP contribution in [0.4, 0.5) is 5.82 Å². The third-order valence-corrected chi connectivity index (χ3v) is 2.68. The fraction of sp³-hybridized carbons (Fsp3) is 0.417. The first-order chi connectivity index (χ1) is 8.66. The molecule has 0 aliphatic rings. The zero-order valence-corrected chi connectivity index (χ0v) is 10.4. The van der Waals surface area contributed by atoms with Crippen molar-refractivity contribution in [1.82, 2.24) is 14.6 Å². The van der Waals surface area contributed by atoms with E-state index >= 15 is 0 Å². The summed E-state index contributed by atoms with van der Waals surface area (Å²) in [6, 6.07) is 4.00. The second kappa shape index (κ2) is 5.48. The summed E-state index contributed by atoms with van der Waals surface area (Å²) in [5.41, 5.74) is 7.05. The van der Waals surface area contributed by atoms with E-state index in [4.69, 9.17) is 5.73 Å². The van der Waals surface area contributed by atoms with Crippen LogP contribution in [0.15, 0.2) is 18.5 Å². The second-order valence-electron chi connectivity index (χ2n) is 4.30. The smallest absolute Gasteiger partial charge is 0.217 e. The van der Waals surface area contributed by atoms with E-state index in [1.807, 2.05) is 19.1 Å². The minimum atomic E-state index is -0.246. The molecule has 0 saturated carbocycles. The lowest BCUT2D eigenvalue weighted by atomic mass is 10.2. The molecule has 0 aromatic carbocycles. The molecule has 1 amide bonds. The predicted octanol–water partition coefficient (Wildman–Crippen LogP) is 1.11. The van der Waals surface area contributed by atoms with E-state index < -0.39 is 0 Å². The quantitative estimate of drug-likeness (QED) is 0.749. The van der Waals surface area contributed by atoms with Gasteiger partial charge in [0.15, 0.2) is 5.65 Å². The number of unbranched alkanes of at least 4 members (excludes halogenated alkanes) is 1. The van der Waals surface area contributed by atoms with Gasteiger partial charge in [0, 0.05) is 13.0 Å². The molecule has 0 radical (unpaired) electrons. The third-order valence-electron chi connectivity index (χ3n) is 2.68. The number of primary amides is 1. The highest BCUT2D eigenvalue weighted by molar-refractivity contribution is 5.73. The summed E-state index contributed by atoms with van der Waals surface area (Å²) >= 11 is 0. The van der Waals surface area contributed by atoms with Crippen LogP contribution in [-0.2, 0) is 4.79 Å². The lowest BCUT2D eigenvalue weighted by Gasteiger charge is -2.08. The number of nitrogens with zero attached hydrogens (tertiary/aromatic N) is 3. The molecule has 96 valence electrons. The van der Waals surface area contributed by atoms with E-state index in [9.17, 15) is 4.79 Å². The standard InChI is InChI=1S/C12H17N5O/c1-9-6-11(14-5-3-2-4-10(13)18)17-12(7-9)15-8-16-17/h6-8,14H,2-5H2,1H3,(H2,13,18). The number of carbonyl (C=O) groups excluding carboxylic acids is 1. The number of aromatic nitrogens is 3. The van der Waals surface area contributed by atoms with Gasteiger partial charge in [-0.3, -0.25) is 4.79 Å². The van der Waals surface area contributed by atoms with E-state index in [0.717, 1.165) is 36.4 Å². The summed E-state index contributed by atoms with van der Waals surface area (Å²) in [4.78, 5) is 14.8. The normalized spacial score (nSPS) is 10.7. The Labute approximate surface area is 105 Å². The summed E-state index contributed by atoms with van der Waals surface area (Å²) in [5, 5.41) is 7.45. The minimum absolute atomic E-state index is 0.246. The Balaban J connectivity index is 1.94. The van der Waals surface area contributed by atoms with Crippen molar-refractivity contribution >= 4 is 17.4 Å². The van der Waals surface area contributed by atoms with Crippen molar-refractivity contribution in [2.75, 3.05) is 11.9 Å². The van der Waals surface area contributed by atoms with Crippen LogP contribution < -0.4 is 11.1 Å². The maximum atomic E-state index is 10.6. The van der Waals surface area contributed by atoms with Crippen molar-refractivity contribution in [3.8, 4) is 0 Å². The van der Waals surface area contributed by atoms with Gasteiger partial charge in [0.05, 0.1) is 0 Å². The SMILES string of the molecule is Cc1cc(NCCCCC(N)=O)n2ncnc2c1. The Morgan fingerprint density at radius 1 is 1.44 bits per heavy atom. The Morgan fingerprint density at radius 3 is 3.06 bits per heavy atom. The molecule has 2 aromatic heterocycles. The van der Waals surface area contributed by atoms with Gasteiger partial charge >= 0.3 is 0 Å². The molecule has 0 unspecified atom stereocenters. The van der Waals surface area contributed by atoms with Crippen LogP contribution in [0.1, 0.15) is 24.8 Å². The zero-order chi connectivity index (χ0) is 13.0. The van der Waals surface area contributed by atoms with Gasteiger partial charge in [0.1, 0.15) is 12.1 Å². The molecule has 6 heteroatoms. The first-order valence-electron chi connectivity index (χ1n) is 5.99. The van der Waals surface area contributed by atoms with Crippen LogP contribution in [0.2, 0.25) is 0 Å². The van der Waals surface area contributed by atoms with Crippen LogP contribution in [0.3, 0.4) is 0 Å². The predicted molar refractivity (Wildman–Crippen MR) is 69.3 cm³/mol. The van der Waals surface area contributed by atoms with Gasteiger partial charge in [-0.1, -0.05) is 0 Å². The average molecular weight is 247 g/mol. The lowest BCUT2D eigenvalue weighted by molar-refractivity contribution is -0.118. The van der Waals surface area contributed by atoms with Crippen LogP contribution in [0.25, 0.3) is 5.65 Å². The monoisotopic (exact) mass is 247 g/mol. The Kier molecular flexibility index (Phi) is 3.76. The molecular weight excluding hydrogens is 230 g/mol. The van der Waals surface area contributed by atoms with Gasteiger partial charge in [-0.2, -0.15) is 9.61 Å². The molecule has 2 aromatic rings. The fourth-order valence-corrected chi connectivity index (χ4v) is 1.82. The number of hydrogen-bond acceptors (Lipinski definition) is 4. The molecule has 2 heterocycles. The Hall–Kier alpha value is -2.11. The van der Waals surface area contributed by atoms with Gasteiger partial charge in [0.25, 0.3) is 0 Å². The zero-order valence-electron chi connectivity index (χ0n) is 10.4. The maximum absolute atomic E-state index is 10.6. The van der Waals surface area contributed by atoms with Crippen molar-refractivity contribution in [1.29, 1.82) is 0 Å². The summed E-state index contributed by atoms with van der Waals surface area (Å²) in [7, 11) is 0. The largest absolute Gasteiger partial charge is 0.370 e. The molecule has 0 fully saturated rings. The molecule has 0 atom stereocenters. The Morgan fingerprint density at radius 2 is 2.28 bits per heavy atom. The number of carbonyl (C=O) groups is 1. The third kappa shape index (κ3) is 2.97. The maximum Gasteiger partial charge on any atom is 0.217 e. The van der Waals surface area contributed by atoms with E-state index in [1.54, 1.807) is 4.52 Å². The molecule has 0 bridgehead atoms. The number of amides is 1. The highest BCUT2D eigenvalue weighted by atomic mass is 16.1. The number of aryl methyl sites for hydroxylation is 1. The number of fused-ring (bicyclic) bond motifs is 1. The van der Waals surface area contributed by atoms with Crippen molar-refractivity contribution in [2.24, 2.45) is 5.73 Å². The van der Waals surface area contributed by atoms with Crippen LogP contribution >= 0.6 is 0 Å². The molecule has 0 aliphatic heterocycles. The second-order valence-corrected chi connectivity index (χ2v) is 4.30. The van der Waals surface area contributed by atoms with Gasteiger partial charge in [-0.15, -0.1) is 0 Å². The van der Waals surface area contributed by atoms with Crippen molar-refractivity contribution in [3.05, 3.63) is 24.0 Å². The fourth-order valence-electron chi connectivity index (χ4n) is 1.82. The number of hydrogen-bond donors (Lipinski definition) is 2. The van der Waals surface area contributed by atoms with Crippen molar-refractivity contribution in [2.45, 2.75) is 26.2 Å². The summed E-state index contributed by atoms with van der Waals surface area (Å²) in [6.07, 6.45) is 3.67. The van der Waals surface area contributed by atoms with E-state index in [2.05, 4.69) is 15.4 Å². The van der Waals surface area contributed by atoms with Crippen LogP contribution in [0.5, 0.6) is 0 Å². The number of nitrogens with two attached hydrogens (primary N) is 1. The summed E-state index contributed by atoms with van der Waals surface area (Å²) in [5.74, 6) is 0.672. The minimum Gasteiger partial charge on any atom is -0.370 e. The average Bonchev–Trinajstić information content (AvgIpc) is 2.75. The van der Waals surface area contributed by atoms with E-state index in [1.165, 1.54) is 6.33 Å². The first-order valence-corrected chi connectivity index (χ1v) is 5.99. The molecule has 3 N–H and O–H groups in total. The van der Waals surface area contributed by atoms with Gasteiger partial charge in [-0.25, -0.2) is 4.98 Å². The molecule has 6 nitrogen and oxygen atoms in total. The summed E-state index contributed by atoms with van der Waals surface area (Å²) < 4.78 is 1.76. The molecule has 18 heavy (non-hydrogen) atoms. The molecule has 0 saturated heterocycles. The van der Waals surface area contributed by atoms with Crippen LogP contribution in [-0.4, -0.2) is 27.0 Å². The van der Waals surface area contributed by atoms with Crippen molar-refractivity contribution < 1.29 is 4.79 Å². The number of anilines is 1.